The van der Waals surface area contributed by atoms with Crippen molar-refractivity contribution in [1.29, 1.82) is 0 Å². The molecule has 7 nitrogen and oxygen atoms in total. The first-order chi connectivity index (χ1) is 10.2. The molecule has 22 heavy (non-hydrogen) atoms. The minimum atomic E-state index is -4.16. The number of halogens is 1. The molecule has 0 saturated carbocycles. The minimum Gasteiger partial charge on any atom is -0.481 e. The number of aliphatic carboxylic acids is 1. The number of sulfonamides is 1. The predicted molar refractivity (Wildman–Crippen MR) is 76.1 cm³/mol. The van der Waals surface area contributed by atoms with Gasteiger partial charge in [0.2, 0.25) is 15.9 Å². The number of carbonyl (C=O) groups excluding carboxylic acids is 1. The Morgan fingerprint density at radius 3 is 2.55 bits per heavy atom. The molecule has 1 aromatic carbocycles. The number of carboxylic acids is 1. The van der Waals surface area contributed by atoms with E-state index in [0.717, 1.165) is 12.1 Å². The molecule has 0 aliphatic heterocycles. The number of benzene rings is 1. The molecule has 122 valence electrons. The van der Waals surface area contributed by atoms with E-state index in [1.54, 1.807) is 0 Å². The van der Waals surface area contributed by atoms with E-state index in [0.29, 0.717) is 0 Å². The third-order valence-electron chi connectivity index (χ3n) is 2.72. The zero-order valence-electron chi connectivity index (χ0n) is 11.9. The molecule has 0 radical (unpaired) electrons. The number of carbonyl (C=O) groups is 2. The van der Waals surface area contributed by atoms with E-state index >= 15 is 0 Å². The van der Waals surface area contributed by atoms with Gasteiger partial charge < -0.3 is 10.4 Å². The van der Waals surface area contributed by atoms with Gasteiger partial charge in [0.05, 0.1) is 6.04 Å². The standard InChI is InChI=1S/C13H17FN2O5S/c1-9(13(19)15-8-4-7-12(17)18)16-22(20,21)11-6-3-2-5-10(11)14/h2-3,5-6,9,16H,4,7-8H2,1H3,(H,15,19)(H,17,18). The second-order valence-corrected chi connectivity index (χ2v) is 6.24. The highest BCUT2D eigenvalue weighted by molar-refractivity contribution is 7.89. The van der Waals surface area contributed by atoms with Gasteiger partial charge >= 0.3 is 5.97 Å². The molecule has 1 rings (SSSR count). The van der Waals surface area contributed by atoms with E-state index in [-0.39, 0.29) is 19.4 Å². The molecular formula is C13H17FN2O5S. The lowest BCUT2D eigenvalue weighted by Crippen LogP contribution is -2.45. The van der Waals surface area contributed by atoms with E-state index < -0.39 is 38.7 Å². The summed E-state index contributed by atoms with van der Waals surface area (Å²) in [5, 5.41) is 10.9. The predicted octanol–water partition coefficient (Wildman–Crippen LogP) is 0.473. The fourth-order valence-electron chi connectivity index (χ4n) is 1.62. The molecule has 1 atom stereocenters. The first kappa shape index (κ1) is 18.1. The normalized spacial score (nSPS) is 12.6. The Labute approximate surface area is 127 Å². The fourth-order valence-corrected chi connectivity index (χ4v) is 2.90. The maximum Gasteiger partial charge on any atom is 0.303 e. The summed E-state index contributed by atoms with van der Waals surface area (Å²) in [4.78, 5) is 21.5. The summed E-state index contributed by atoms with van der Waals surface area (Å²) in [7, 11) is -4.16. The molecular weight excluding hydrogens is 315 g/mol. The molecule has 0 aliphatic carbocycles. The lowest BCUT2D eigenvalue weighted by molar-refractivity contribution is -0.137. The summed E-state index contributed by atoms with van der Waals surface area (Å²) in [6.45, 7) is 1.42. The minimum absolute atomic E-state index is 0.102. The smallest absolute Gasteiger partial charge is 0.303 e. The van der Waals surface area contributed by atoms with Crippen molar-refractivity contribution in [2.45, 2.75) is 30.7 Å². The van der Waals surface area contributed by atoms with Crippen LogP contribution in [0.3, 0.4) is 0 Å². The Balaban J connectivity index is 2.60. The van der Waals surface area contributed by atoms with Crippen molar-refractivity contribution in [1.82, 2.24) is 10.0 Å². The quantitative estimate of drug-likeness (QED) is 0.599. The van der Waals surface area contributed by atoms with E-state index in [9.17, 15) is 22.4 Å². The van der Waals surface area contributed by atoms with Crippen LogP contribution in [0.25, 0.3) is 0 Å². The molecule has 1 amide bonds. The van der Waals surface area contributed by atoms with Crippen LogP contribution in [0.15, 0.2) is 29.2 Å². The summed E-state index contributed by atoms with van der Waals surface area (Å²) in [5.74, 6) is -2.52. The largest absolute Gasteiger partial charge is 0.481 e. The molecule has 0 heterocycles. The fraction of sp³-hybridized carbons (Fsp3) is 0.385. The van der Waals surface area contributed by atoms with E-state index in [2.05, 4.69) is 10.0 Å². The van der Waals surface area contributed by atoms with Gasteiger partial charge in [-0.15, -0.1) is 0 Å². The number of amides is 1. The summed E-state index contributed by atoms with van der Waals surface area (Å²) >= 11 is 0. The van der Waals surface area contributed by atoms with Crippen molar-refractivity contribution < 1.29 is 27.5 Å². The molecule has 0 aliphatic rings. The van der Waals surface area contributed by atoms with Gasteiger partial charge in [0, 0.05) is 13.0 Å². The Bertz CT molecular complexity index is 648. The molecule has 9 heteroatoms. The molecule has 1 unspecified atom stereocenters. The van der Waals surface area contributed by atoms with Crippen molar-refractivity contribution in [2.75, 3.05) is 6.54 Å². The molecule has 0 fully saturated rings. The molecule has 0 spiro atoms. The molecule has 0 saturated heterocycles. The summed E-state index contributed by atoms with van der Waals surface area (Å²) in [6, 6.07) is 3.70. The van der Waals surface area contributed by atoms with Crippen LogP contribution in [0.2, 0.25) is 0 Å². The highest BCUT2D eigenvalue weighted by atomic mass is 32.2. The van der Waals surface area contributed by atoms with Crippen molar-refractivity contribution in [3.63, 3.8) is 0 Å². The van der Waals surface area contributed by atoms with Crippen molar-refractivity contribution in [3.05, 3.63) is 30.1 Å². The highest BCUT2D eigenvalue weighted by Gasteiger charge is 2.24. The second kappa shape index (κ2) is 7.85. The van der Waals surface area contributed by atoms with Crippen LogP contribution < -0.4 is 10.0 Å². The average Bonchev–Trinajstić information content (AvgIpc) is 2.42. The maximum absolute atomic E-state index is 13.5. The van der Waals surface area contributed by atoms with Crippen LogP contribution in [0.5, 0.6) is 0 Å². The Kier molecular flexibility index (Phi) is 6.44. The number of hydrogen-bond donors (Lipinski definition) is 3. The van der Waals surface area contributed by atoms with Crippen LogP contribution in [0.1, 0.15) is 19.8 Å². The molecule has 1 aromatic rings. The van der Waals surface area contributed by atoms with Crippen LogP contribution in [-0.2, 0) is 19.6 Å². The SMILES string of the molecule is CC(NS(=O)(=O)c1ccccc1F)C(=O)NCCCC(=O)O. The van der Waals surface area contributed by atoms with Gasteiger partial charge in [0.1, 0.15) is 10.7 Å². The van der Waals surface area contributed by atoms with Gasteiger partial charge in [-0.25, -0.2) is 12.8 Å². The molecule has 3 N–H and O–H groups in total. The van der Waals surface area contributed by atoms with Crippen molar-refractivity contribution in [2.24, 2.45) is 0 Å². The first-order valence-electron chi connectivity index (χ1n) is 6.50. The van der Waals surface area contributed by atoms with Crippen molar-refractivity contribution in [3.8, 4) is 0 Å². The second-order valence-electron chi connectivity index (χ2n) is 4.56. The maximum atomic E-state index is 13.5. The van der Waals surface area contributed by atoms with Crippen LogP contribution in [0.4, 0.5) is 4.39 Å². The summed E-state index contributed by atoms with van der Waals surface area (Å²) < 4.78 is 39.5. The Morgan fingerprint density at radius 2 is 1.95 bits per heavy atom. The van der Waals surface area contributed by atoms with Gasteiger partial charge in [-0.1, -0.05) is 12.1 Å². The van der Waals surface area contributed by atoms with E-state index in [1.807, 2.05) is 0 Å². The van der Waals surface area contributed by atoms with Crippen LogP contribution in [-0.4, -0.2) is 38.0 Å². The topological polar surface area (TPSA) is 113 Å². The van der Waals surface area contributed by atoms with Gasteiger partial charge in [0.25, 0.3) is 0 Å². The lowest BCUT2D eigenvalue weighted by Gasteiger charge is -2.14. The zero-order chi connectivity index (χ0) is 16.8. The van der Waals surface area contributed by atoms with E-state index in [1.165, 1.54) is 19.1 Å². The third-order valence-corrected chi connectivity index (χ3v) is 4.29. The highest BCUT2D eigenvalue weighted by Crippen LogP contribution is 2.13. The number of rotatable bonds is 8. The Hall–Kier alpha value is -2.00. The number of hydrogen-bond acceptors (Lipinski definition) is 4. The number of nitrogens with one attached hydrogen (secondary N) is 2. The van der Waals surface area contributed by atoms with Gasteiger partial charge in [-0.05, 0) is 25.5 Å². The van der Waals surface area contributed by atoms with E-state index in [4.69, 9.17) is 5.11 Å². The van der Waals surface area contributed by atoms with Crippen LogP contribution >= 0.6 is 0 Å². The third kappa shape index (κ3) is 5.41. The van der Waals surface area contributed by atoms with Gasteiger partial charge in [0.15, 0.2) is 0 Å². The molecule has 0 bridgehead atoms. The first-order valence-corrected chi connectivity index (χ1v) is 7.98. The Morgan fingerprint density at radius 1 is 1.32 bits per heavy atom. The van der Waals surface area contributed by atoms with Gasteiger partial charge in [-0.3, -0.25) is 9.59 Å². The zero-order valence-corrected chi connectivity index (χ0v) is 12.7. The molecule has 0 aromatic heterocycles. The van der Waals surface area contributed by atoms with Crippen LogP contribution in [0, 0.1) is 5.82 Å². The summed E-state index contributed by atoms with van der Waals surface area (Å²) in [6.07, 6.45) is 0.128. The van der Waals surface area contributed by atoms with Crippen molar-refractivity contribution >= 4 is 21.9 Å². The monoisotopic (exact) mass is 332 g/mol. The number of carboxylic acid groups (broad SMARTS) is 1. The summed E-state index contributed by atoms with van der Waals surface area (Å²) in [5.41, 5.74) is 0. The van der Waals surface area contributed by atoms with Gasteiger partial charge in [-0.2, -0.15) is 4.72 Å². The average molecular weight is 332 g/mol. The lowest BCUT2D eigenvalue weighted by atomic mass is 10.3.